The summed E-state index contributed by atoms with van der Waals surface area (Å²) in [5, 5.41) is 2.77. The van der Waals surface area contributed by atoms with E-state index in [1.54, 1.807) is 7.11 Å². The second-order valence-electron chi connectivity index (χ2n) is 3.74. The smallest absolute Gasteiger partial charge is 0.239 e. The first-order chi connectivity index (χ1) is 7.13. The van der Waals surface area contributed by atoms with E-state index in [2.05, 4.69) is 5.32 Å². The number of aryl methyl sites for hydroxylation is 1. The van der Waals surface area contributed by atoms with Crippen molar-refractivity contribution < 1.29 is 9.53 Å². The van der Waals surface area contributed by atoms with Crippen LogP contribution in [0, 0.1) is 6.92 Å². The van der Waals surface area contributed by atoms with Crippen LogP contribution >= 0.6 is 0 Å². The van der Waals surface area contributed by atoms with Gasteiger partial charge in [0, 0.05) is 0 Å². The van der Waals surface area contributed by atoms with E-state index in [0.717, 1.165) is 16.9 Å². The zero-order chi connectivity index (χ0) is 11.0. The van der Waals surface area contributed by atoms with E-state index >= 15 is 0 Å². The lowest BCUT2D eigenvalue weighted by molar-refractivity contribution is -0.130. The topological polar surface area (TPSA) is 64.3 Å². The number of methoxy groups -OCH3 is 1. The summed E-state index contributed by atoms with van der Waals surface area (Å²) >= 11 is 0. The molecule has 1 heterocycles. The third-order valence-corrected chi connectivity index (χ3v) is 2.74. The molecule has 1 aliphatic rings. The van der Waals surface area contributed by atoms with Gasteiger partial charge >= 0.3 is 0 Å². The van der Waals surface area contributed by atoms with Crippen LogP contribution < -0.4 is 15.8 Å². The number of hydrogen-bond acceptors (Lipinski definition) is 3. The van der Waals surface area contributed by atoms with Gasteiger partial charge in [0.1, 0.15) is 11.8 Å². The van der Waals surface area contributed by atoms with Crippen molar-refractivity contribution in [1.82, 2.24) is 5.32 Å². The molecular weight excluding hydrogens is 192 g/mol. The summed E-state index contributed by atoms with van der Waals surface area (Å²) in [6.45, 7) is 1.97. The molecule has 1 aromatic carbocycles. The third-order valence-electron chi connectivity index (χ3n) is 2.74. The molecule has 2 unspecified atom stereocenters. The summed E-state index contributed by atoms with van der Waals surface area (Å²) in [6.07, 6.45) is 0. The fraction of sp³-hybridized carbons (Fsp3) is 0.364. The number of ether oxygens (including phenoxy) is 1. The van der Waals surface area contributed by atoms with Crippen LogP contribution in [0.15, 0.2) is 18.2 Å². The lowest BCUT2D eigenvalue weighted by Gasteiger charge is -2.34. The molecule has 0 saturated carbocycles. The molecule has 80 valence electrons. The number of nitrogens with two attached hydrogens (primary N) is 1. The Labute approximate surface area is 88.4 Å². The van der Waals surface area contributed by atoms with Gasteiger partial charge in [-0.05, 0) is 24.1 Å². The molecule has 1 aromatic rings. The van der Waals surface area contributed by atoms with E-state index in [1.807, 2.05) is 25.1 Å². The highest BCUT2D eigenvalue weighted by Crippen LogP contribution is 2.27. The van der Waals surface area contributed by atoms with Crippen molar-refractivity contribution in [3.05, 3.63) is 29.3 Å². The van der Waals surface area contributed by atoms with Crippen molar-refractivity contribution in [2.75, 3.05) is 7.11 Å². The average Bonchev–Trinajstić information content (AvgIpc) is 2.25. The quantitative estimate of drug-likeness (QED) is 0.693. The van der Waals surface area contributed by atoms with Gasteiger partial charge < -0.3 is 15.8 Å². The summed E-state index contributed by atoms with van der Waals surface area (Å²) < 4.78 is 5.16. The Hall–Kier alpha value is -1.55. The molecule has 0 radical (unpaired) electrons. The molecule has 0 aliphatic carbocycles. The van der Waals surface area contributed by atoms with E-state index in [4.69, 9.17) is 10.5 Å². The molecule has 3 N–H and O–H groups in total. The van der Waals surface area contributed by atoms with Gasteiger partial charge in [-0.3, -0.25) is 4.79 Å². The number of amides is 1. The van der Waals surface area contributed by atoms with E-state index in [0.29, 0.717) is 0 Å². The second-order valence-corrected chi connectivity index (χ2v) is 3.74. The van der Waals surface area contributed by atoms with Crippen LogP contribution in [0.5, 0.6) is 5.75 Å². The van der Waals surface area contributed by atoms with E-state index in [-0.39, 0.29) is 11.9 Å². The maximum absolute atomic E-state index is 11.0. The van der Waals surface area contributed by atoms with Gasteiger partial charge in [-0.1, -0.05) is 12.1 Å². The maximum Gasteiger partial charge on any atom is 0.239 e. The van der Waals surface area contributed by atoms with Crippen molar-refractivity contribution in [1.29, 1.82) is 0 Å². The highest BCUT2D eigenvalue weighted by molar-refractivity contribution is 5.89. The molecule has 0 bridgehead atoms. The zero-order valence-corrected chi connectivity index (χ0v) is 8.78. The van der Waals surface area contributed by atoms with Crippen molar-refractivity contribution in [2.45, 2.75) is 19.0 Å². The van der Waals surface area contributed by atoms with Gasteiger partial charge in [0.25, 0.3) is 0 Å². The fourth-order valence-electron chi connectivity index (χ4n) is 1.78. The maximum atomic E-state index is 11.0. The van der Waals surface area contributed by atoms with Crippen LogP contribution in [0.1, 0.15) is 17.2 Å². The molecule has 0 aromatic heterocycles. The van der Waals surface area contributed by atoms with Gasteiger partial charge in [-0.25, -0.2) is 0 Å². The van der Waals surface area contributed by atoms with E-state index in [9.17, 15) is 4.79 Å². The molecule has 4 heteroatoms. The van der Waals surface area contributed by atoms with Crippen molar-refractivity contribution in [3.8, 4) is 5.75 Å². The molecule has 0 spiro atoms. The van der Waals surface area contributed by atoms with Gasteiger partial charge in [0.05, 0.1) is 13.2 Å². The molecule has 1 amide bonds. The number of carbonyl (C=O) groups is 1. The first kappa shape index (κ1) is 9.98. The molecule has 1 saturated heterocycles. The van der Waals surface area contributed by atoms with Crippen LogP contribution in [0.3, 0.4) is 0 Å². The van der Waals surface area contributed by atoms with Gasteiger partial charge in [0.2, 0.25) is 5.91 Å². The van der Waals surface area contributed by atoms with Crippen molar-refractivity contribution in [3.63, 3.8) is 0 Å². The van der Waals surface area contributed by atoms with Crippen LogP contribution in [0.2, 0.25) is 0 Å². The Balaban J connectivity index is 2.24. The van der Waals surface area contributed by atoms with Gasteiger partial charge in [-0.15, -0.1) is 0 Å². The lowest BCUT2D eigenvalue weighted by Crippen LogP contribution is -2.60. The van der Waals surface area contributed by atoms with Gasteiger partial charge in [-0.2, -0.15) is 0 Å². The highest BCUT2D eigenvalue weighted by Gasteiger charge is 2.37. The Morgan fingerprint density at radius 2 is 2.20 bits per heavy atom. The van der Waals surface area contributed by atoms with Crippen molar-refractivity contribution >= 4 is 5.91 Å². The number of β-lactam (4-membered cyclic amide) rings is 1. The van der Waals surface area contributed by atoms with E-state index < -0.39 is 6.04 Å². The van der Waals surface area contributed by atoms with Crippen molar-refractivity contribution in [2.24, 2.45) is 5.73 Å². The lowest BCUT2D eigenvalue weighted by atomic mass is 9.91. The largest absolute Gasteiger partial charge is 0.496 e. The predicted octanol–water partition coefficient (Wildman–Crippen LogP) is 0.502. The fourth-order valence-corrected chi connectivity index (χ4v) is 1.78. The molecule has 2 atom stereocenters. The molecule has 1 fully saturated rings. The molecule has 15 heavy (non-hydrogen) atoms. The number of rotatable bonds is 2. The minimum atomic E-state index is -0.419. The normalized spacial score (nSPS) is 24.3. The summed E-state index contributed by atoms with van der Waals surface area (Å²) in [5.41, 5.74) is 7.75. The first-order valence-corrected chi connectivity index (χ1v) is 4.84. The molecular formula is C11H14N2O2. The van der Waals surface area contributed by atoms with Crippen LogP contribution in [-0.4, -0.2) is 19.1 Å². The summed E-state index contributed by atoms with van der Waals surface area (Å²) in [6, 6.07) is 5.33. The number of carbonyl (C=O) groups excluding carboxylic acids is 1. The molecule has 4 nitrogen and oxygen atoms in total. The number of hydrogen-bond donors (Lipinski definition) is 2. The van der Waals surface area contributed by atoms with E-state index in [1.165, 1.54) is 0 Å². The Bertz CT molecular complexity index is 404. The Kier molecular flexibility index (Phi) is 2.36. The van der Waals surface area contributed by atoms with Crippen LogP contribution in [-0.2, 0) is 4.79 Å². The monoisotopic (exact) mass is 206 g/mol. The zero-order valence-electron chi connectivity index (χ0n) is 8.78. The number of nitrogens with one attached hydrogen (secondary N) is 1. The second kappa shape index (κ2) is 3.55. The average molecular weight is 206 g/mol. The molecule has 1 aliphatic heterocycles. The highest BCUT2D eigenvalue weighted by atomic mass is 16.5. The minimum Gasteiger partial charge on any atom is -0.496 e. The molecule has 2 rings (SSSR count). The summed E-state index contributed by atoms with van der Waals surface area (Å²) in [5.74, 6) is 0.756. The summed E-state index contributed by atoms with van der Waals surface area (Å²) in [7, 11) is 1.64. The SMILES string of the molecule is COc1ccc(C2NC(=O)C2N)cc1C. The van der Waals surface area contributed by atoms with Crippen LogP contribution in [0.25, 0.3) is 0 Å². The standard InChI is InChI=1S/C11H14N2O2/c1-6-5-7(3-4-8(6)15-2)10-9(12)11(14)13-10/h3-5,9-10H,12H2,1-2H3,(H,13,14). The summed E-state index contributed by atoms with van der Waals surface area (Å²) in [4.78, 5) is 11.0. The van der Waals surface area contributed by atoms with Crippen LogP contribution in [0.4, 0.5) is 0 Å². The predicted molar refractivity (Wildman–Crippen MR) is 56.6 cm³/mol. The Morgan fingerprint density at radius 3 is 2.67 bits per heavy atom. The minimum absolute atomic E-state index is 0.0536. The number of benzene rings is 1. The first-order valence-electron chi connectivity index (χ1n) is 4.84. The Morgan fingerprint density at radius 1 is 1.47 bits per heavy atom. The third kappa shape index (κ3) is 1.57. The van der Waals surface area contributed by atoms with Gasteiger partial charge in [0.15, 0.2) is 0 Å².